The van der Waals surface area contributed by atoms with Gasteiger partial charge in [-0.3, -0.25) is 9.58 Å². The molecule has 1 aliphatic heterocycles. The minimum absolute atomic E-state index is 0.457. The molecule has 2 rings (SSSR count). The van der Waals surface area contributed by atoms with Crippen molar-refractivity contribution in [2.24, 2.45) is 18.7 Å². The summed E-state index contributed by atoms with van der Waals surface area (Å²) in [6.45, 7) is 6.42. The molecule has 2 heterocycles. The number of aryl methyl sites for hydroxylation is 1. The van der Waals surface area contributed by atoms with Crippen molar-refractivity contribution in [2.45, 2.75) is 32.4 Å². The molecule has 1 saturated heterocycles. The summed E-state index contributed by atoms with van der Waals surface area (Å²) in [6.07, 6.45) is 5.30. The highest BCUT2D eigenvalue weighted by atomic mass is 15.3. The molecule has 1 fully saturated rings. The van der Waals surface area contributed by atoms with Crippen LogP contribution in [0, 0.1) is 5.92 Å². The molecule has 16 heavy (non-hydrogen) atoms. The van der Waals surface area contributed by atoms with Crippen LogP contribution in [0.2, 0.25) is 0 Å². The van der Waals surface area contributed by atoms with Gasteiger partial charge in [-0.25, -0.2) is 0 Å². The predicted octanol–water partition coefficient (Wildman–Crippen LogP) is 1.15. The van der Waals surface area contributed by atoms with E-state index in [4.69, 9.17) is 5.73 Å². The molecule has 0 aromatic carbocycles. The van der Waals surface area contributed by atoms with E-state index in [1.807, 2.05) is 17.9 Å². The van der Waals surface area contributed by atoms with Gasteiger partial charge in [0.25, 0.3) is 0 Å². The van der Waals surface area contributed by atoms with E-state index in [1.54, 1.807) is 0 Å². The van der Waals surface area contributed by atoms with Crippen molar-refractivity contribution in [2.75, 3.05) is 13.1 Å². The zero-order valence-corrected chi connectivity index (χ0v) is 10.4. The molecule has 1 aromatic rings. The second-order valence-electron chi connectivity index (χ2n) is 5.01. The van der Waals surface area contributed by atoms with Gasteiger partial charge in [0.15, 0.2) is 0 Å². The molecule has 0 saturated carbocycles. The number of hydrogen-bond acceptors (Lipinski definition) is 3. The average Bonchev–Trinajstić information content (AvgIpc) is 2.82. The molecule has 90 valence electrons. The summed E-state index contributed by atoms with van der Waals surface area (Å²) in [7, 11) is 1.97. The van der Waals surface area contributed by atoms with Crippen LogP contribution < -0.4 is 5.73 Å². The molecule has 1 aromatic heterocycles. The van der Waals surface area contributed by atoms with Gasteiger partial charge in [0.05, 0.1) is 6.20 Å². The van der Waals surface area contributed by atoms with Gasteiger partial charge < -0.3 is 5.73 Å². The van der Waals surface area contributed by atoms with Crippen molar-refractivity contribution in [3.8, 4) is 0 Å². The Morgan fingerprint density at radius 2 is 2.31 bits per heavy atom. The van der Waals surface area contributed by atoms with Crippen molar-refractivity contribution < 1.29 is 0 Å². The van der Waals surface area contributed by atoms with Crippen molar-refractivity contribution in [1.82, 2.24) is 14.7 Å². The fourth-order valence-corrected chi connectivity index (χ4v) is 2.77. The van der Waals surface area contributed by atoms with Crippen molar-refractivity contribution in [3.05, 3.63) is 18.0 Å². The van der Waals surface area contributed by atoms with Gasteiger partial charge in [-0.1, -0.05) is 0 Å². The zero-order valence-electron chi connectivity index (χ0n) is 10.4. The third kappa shape index (κ3) is 1.99. The molecule has 4 nitrogen and oxygen atoms in total. The first kappa shape index (κ1) is 11.6. The largest absolute Gasteiger partial charge is 0.330 e. The Morgan fingerprint density at radius 1 is 1.56 bits per heavy atom. The summed E-state index contributed by atoms with van der Waals surface area (Å²) in [4.78, 5) is 2.54. The number of nitrogens with zero attached hydrogens (tertiary/aromatic N) is 3. The summed E-state index contributed by atoms with van der Waals surface area (Å²) >= 11 is 0. The van der Waals surface area contributed by atoms with Crippen LogP contribution in [0.25, 0.3) is 0 Å². The SMILES string of the molecule is CC(C)N1CCC(CN)C1c1cnn(C)c1. The predicted molar refractivity (Wildman–Crippen MR) is 65.0 cm³/mol. The van der Waals surface area contributed by atoms with Crippen LogP contribution in [0.15, 0.2) is 12.4 Å². The number of hydrogen-bond donors (Lipinski definition) is 1. The normalized spacial score (nSPS) is 26.8. The lowest BCUT2D eigenvalue weighted by Crippen LogP contribution is -2.33. The minimum atomic E-state index is 0.457. The highest BCUT2D eigenvalue weighted by Crippen LogP contribution is 2.37. The van der Waals surface area contributed by atoms with E-state index in [1.165, 1.54) is 12.0 Å². The Kier molecular flexibility index (Phi) is 3.30. The van der Waals surface area contributed by atoms with Gasteiger partial charge in [0.2, 0.25) is 0 Å². The van der Waals surface area contributed by atoms with Crippen LogP contribution >= 0.6 is 0 Å². The van der Waals surface area contributed by atoms with Crippen LogP contribution in [0.1, 0.15) is 31.9 Å². The summed E-state index contributed by atoms with van der Waals surface area (Å²) in [5, 5.41) is 4.27. The monoisotopic (exact) mass is 222 g/mol. The Balaban J connectivity index is 2.25. The highest BCUT2D eigenvalue weighted by molar-refractivity contribution is 5.14. The van der Waals surface area contributed by atoms with Gasteiger partial charge in [-0.2, -0.15) is 5.10 Å². The van der Waals surface area contributed by atoms with E-state index in [0.29, 0.717) is 18.0 Å². The minimum Gasteiger partial charge on any atom is -0.330 e. The third-order valence-corrected chi connectivity index (χ3v) is 3.59. The van der Waals surface area contributed by atoms with E-state index in [9.17, 15) is 0 Å². The van der Waals surface area contributed by atoms with Crippen molar-refractivity contribution >= 4 is 0 Å². The molecule has 0 bridgehead atoms. The zero-order chi connectivity index (χ0) is 11.7. The molecular formula is C12H22N4. The maximum Gasteiger partial charge on any atom is 0.0537 e. The average molecular weight is 222 g/mol. The number of nitrogens with two attached hydrogens (primary N) is 1. The molecule has 2 unspecified atom stereocenters. The highest BCUT2D eigenvalue weighted by Gasteiger charge is 2.36. The topological polar surface area (TPSA) is 47.1 Å². The van der Waals surface area contributed by atoms with Crippen LogP contribution in [0.3, 0.4) is 0 Å². The maximum atomic E-state index is 5.88. The summed E-state index contributed by atoms with van der Waals surface area (Å²) in [6, 6.07) is 1.03. The van der Waals surface area contributed by atoms with E-state index in [2.05, 4.69) is 30.0 Å². The van der Waals surface area contributed by atoms with Gasteiger partial charge in [-0.05, 0) is 39.3 Å². The Hall–Kier alpha value is -0.870. The first-order chi connectivity index (χ1) is 7.63. The number of likely N-dealkylation sites (tertiary alicyclic amines) is 1. The molecule has 0 aliphatic carbocycles. The first-order valence-corrected chi connectivity index (χ1v) is 6.08. The van der Waals surface area contributed by atoms with Crippen LogP contribution in [-0.2, 0) is 7.05 Å². The first-order valence-electron chi connectivity index (χ1n) is 6.08. The molecule has 4 heteroatoms. The van der Waals surface area contributed by atoms with Crippen molar-refractivity contribution in [3.63, 3.8) is 0 Å². The fourth-order valence-electron chi connectivity index (χ4n) is 2.77. The standard InChI is InChI=1S/C12H22N4/c1-9(2)16-5-4-10(6-13)12(16)11-7-14-15(3)8-11/h7-10,12H,4-6,13H2,1-3H3. The van der Waals surface area contributed by atoms with Gasteiger partial charge >= 0.3 is 0 Å². The van der Waals surface area contributed by atoms with Gasteiger partial charge in [-0.15, -0.1) is 0 Å². The van der Waals surface area contributed by atoms with Crippen LogP contribution in [-0.4, -0.2) is 33.8 Å². The van der Waals surface area contributed by atoms with E-state index in [0.717, 1.165) is 13.1 Å². The van der Waals surface area contributed by atoms with Crippen molar-refractivity contribution in [1.29, 1.82) is 0 Å². The third-order valence-electron chi connectivity index (χ3n) is 3.59. The van der Waals surface area contributed by atoms with E-state index in [-0.39, 0.29) is 0 Å². The molecule has 0 radical (unpaired) electrons. The van der Waals surface area contributed by atoms with Gasteiger partial charge in [0, 0.05) is 30.9 Å². The molecule has 0 spiro atoms. The molecule has 2 atom stereocenters. The second kappa shape index (κ2) is 4.55. The number of rotatable bonds is 3. The lowest BCUT2D eigenvalue weighted by molar-refractivity contribution is 0.184. The number of aromatic nitrogens is 2. The lowest BCUT2D eigenvalue weighted by Gasteiger charge is -2.30. The maximum absolute atomic E-state index is 5.88. The summed E-state index contributed by atoms with van der Waals surface area (Å²) in [5.74, 6) is 0.576. The fraction of sp³-hybridized carbons (Fsp3) is 0.750. The lowest BCUT2D eigenvalue weighted by atomic mass is 9.95. The second-order valence-corrected chi connectivity index (χ2v) is 5.01. The van der Waals surface area contributed by atoms with Crippen LogP contribution in [0.4, 0.5) is 0 Å². The van der Waals surface area contributed by atoms with E-state index < -0.39 is 0 Å². The molecule has 1 aliphatic rings. The van der Waals surface area contributed by atoms with Gasteiger partial charge in [0.1, 0.15) is 0 Å². The molecule has 0 amide bonds. The quantitative estimate of drug-likeness (QED) is 0.834. The summed E-state index contributed by atoms with van der Waals surface area (Å²) < 4.78 is 1.87. The Labute approximate surface area is 97.4 Å². The van der Waals surface area contributed by atoms with E-state index >= 15 is 0 Å². The molecular weight excluding hydrogens is 200 g/mol. The Morgan fingerprint density at radius 3 is 2.81 bits per heavy atom. The smallest absolute Gasteiger partial charge is 0.0537 e. The Bertz CT molecular complexity index is 345. The van der Waals surface area contributed by atoms with Crippen LogP contribution in [0.5, 0.6) is 0 Å². The summed E-state index contributed by atoms with van der Waals surface area (Å²) in [5.41, 5.74) is 7.19. The molecule has 2 N–H and O–H groups in total.